The van der Waals surface area contributed by atoms with Crippen LogP contribution in [0, 0.1) is 5.95 Å². The topological polar surface area (TPSA) is 22.1 Å². The van der Waals surface area contributed by atoms with Crippen LogP contribution in [-0.2, 0) is 12.1 Å². The van der Waals surface area contributed by atoms with Crippen LogP contribution in [0.15, 0.2) is 6.07 Å². The second kappa shape index (κ2) is 4.79. The van der Waals surface area contributed by atoms with Crippen molar-refractivity contribution in [2.24, 2.45) is 0 Å². The molecule has 1 rings (SSSR count). The summed E-state index contributed by atoms with van der Waals surface area (Å²) in [6, 6.07) is 0.291. The van der Waals surface area contributed by atoms with Gasteiger partial charge in [0.05, 0.1) is 0 Å². The number of hydrogen-bond acceptors (Lipinski definition) is 2. The van der Waals surface area contributed by atoms with Crippen LogP contribution in [0.25, 0.3) is 0 Å². The summed E-state index contributed by atoms with van der Waals surface area (Å²) < 4.78 is 89.1. The Hall–Kier alpha value is -1.25. The molecule has 0 amide bonds. The fourth-order valence-electron chi connectivity index (χ4n) is 1.13. The third-order valence-corrected chi connectivity index (χ3v) is 1.96. The van der Waals surface area contributed by atoms with E-state index < -0.39 is 41.4 Å². The molecule has 0 atom stereocenters. The van der Waals surface area contributed by atoms with Crippen LogP contribution in [-0.4, -0.2) is 11.3 Å². The molecule has 2 nitrogen and oxygen atoms in total. The zero-order chi connectivity index (χ0) is 14.1. The molecule has 1 heterocycles. The van der Waals surface area contributed by atoms with Crippen LogP contribution in [0.2, 0.25) is 0 Å². The number of pyridine rings is 1. The summed E-state index contributed by atoms with van der Waals surface area (Å²) in [5, 5.41) is 0. The Bertz CT molecular complexity index is 442. The molecular weight excluding hydrogens is 295 g/mol. The van der Waals surface area contributed by atoms with Gasteiger partial charge in [-0.3, -0.25) is 0 Å². The molecule has 10 heteroatoms. The van der Waals surface area contributed by atoms with Gasteiger partial charge in [0.1, 0.15) is 5.56 Å². The fourth-order valence-corrected chi connectivity index (χ4v) is 1.34. The normalized spacial score (nSPS) is 12.7. The molecule has 18 heavy (non-hydrogen) atoms. The van der Waals surface area contributed by atoms with E-state index in [4.69, 9.17) is 11.6 Å². The molecule has 102 valence electrons. The third kappa shape index (κ3) is 3.62. The van der Waals surface area contributed by atoms with Crippen molar-refractivity contribution in [1.29, 1.82) is 0 Å². The Morgan fingerprint density at radius 3 is 2.11 bits per heavy atom. The molecule has 1 aromatic rings. The number of halogens is 8. The molecule has 0 spiro atoms. The second-order valence-corrected chi connectivity index (χ2v) is 3.23. The van der Waals surface area contributed by atoms with E-state index in [0.717, 1.165) is 0 Å². The maximum Gasteiger partial charge on any atom is 0.574 e. The highest BCUT2D eigenvalue weighted by atomic mass is 35.5. The van der Waals surface area contributed by atoms with E-state index in [1.807, 2.05) is 0 Å². The first kappa shape index (κ1) is 14.8. The average molecular weight is 298 g/mol. The zero-order valence-electron chi connectivity index (χ0n) is 8.16. The Morgan fingerprint density at radius 2 is 1.72 bits per heavy atom. The van der Waals surface area contributed by atoms with E-state index in [0.29, 0.717) is 6.07 Å². The van der Waals surface area contributed by atoms with E-state index >= 15 is 0 Å². The monoisotopic (exact) mass is 297 g/mol. The van der Waals surface area contributed by atoms with Crippen LogP contribution in [0.5, 0.6) is 5.88 Å². The van der Waals surface area contributed by atoms with Crippen molar-refractivity contribution in [2.45, 2.75) is 18.4 Å². The van der Waals surface area contributed by atoms with Gasteiger partial charge in [0, 0.05) is 5.88 Å². The summed E-state index contributed by atoms with van der Waals surface area (Å²) in [5.41, 5.74) is -2.74. The lowest BCUT2D eigenvalue weighted by atomic mass is 10.1. The summed E-state index contributed by atoms with van der Waals surface area (Å²) in [7, 11) is 0. The van der Waals surface area contributed by atoms with Crippen molar-refractivity contribution < 1.29 is 35.5 Å². The molecule has 0 saturated carbocycles. The Kier molecular flexibility index (Phi) is 3.94. The highest BCUT2D eigenvalue weighted by Gasteiger charge is 2.42. The fraction of sp³-hybridized carbons (Fsp3) is 0.375. The number of rotatable bonds is 2. The van der Waals surface area contributed by atoms with E-state index in [-0.39, 0.29) is 0 Å². The summed E-state index contributed by atoms with van der Waals surface area (Å²) in [6.07, 6.45) is -10.6. The molecule has 0 aliphatic heterocycles. The predicted molar refractivity (Wildman–Crippen MR) is 45.4 cm³/mol. The third-order valence-electron chi connectivity index (χ3n) is 1.68. The first-order valence-electron chi connectivity index (χ1n) is 4.13. The molecule has 0 N–H and O–H groups in total. The summed E-state index contributed by atoms with van der Waals surface area (Å²) in [4.78, 5) is 2.45. The zero-order valence-corrected chi connectivity index (χ0v) is 8.92. The Labute approximate surface area is 100 Å². The van der Waals surface area contributed by atoms with Crippen LogP contribution in [0.1, 0.15) is 11.1 Å². The number of nitrogens with zero attached hydrogens (tertiary/aromatic N) is 1. The van der Waals surface area contributed by atoms with E-state index in [1.54, 1.807) is 0 Å². The smallest absolute Gasteiger partial charge is 0.387 e. The highest BCUT2D eigenvalue weighted by Crippen LogP contribution is 2.40. The van der Waals surface area contributed by atoms with Crippen LogP contribution in [0.3, 0.4) is 0 Å². The van der Waals surface area contributed by atoms with Crippen LogP contribution in [0.4, 0.5) is 30.7 Å². The molecule has 0 bridgehead atoms. The number of aromatic nitrogens is 1. The van der Waals surface area contributed by atoms with Crippen molar-refractivity contribution in [3.8, 4) is 5.88 Å². The Balaban J connectivity index is 3.43. The molecule has 0 aliphatic rings. The van der Waals surface area contributed by atoms with Crippen molar-refractivity contribution >= 4 is 11.6 Å². The molecule has 0 aliphatic carbocycles. The predicted octanol–water partition coefficient (Wildman–Crippen LogP) is 3.88. The van der Waals surface area contributed by atoms with Gasteiger partial charge in [-0.1, -0.05) is 0 Å². The first-order chi connectivity index (χ1) is 8.04. The SMILES string of the molecule is Fc1cc(CCl)c(C(F)(F)F)c(OC(F)(F)F)n1. The van der Waals surface area contributed by atoms with Crippen molar-refractivity contribution in [2.75, 3.05) is 0 Å². The minimum atomic E-state index is -5.43. The van der Waals surface area contributed by atoms with Gasteiger partial charge in [0.2, 0.25) is 11.8 Å². The maximum atomic E-state index is 12.8. The number of hydrogen-bond donors (Lipinski definition) is 0. The van der Waals surface area contributed by atoms with Gasteiger partial charge in [-0.15, -0.1) is 24.8 Å². The molecule has 0 saturated heterocycles. The Morgan fingerprint density at radius 1 is 1.17 bits per heavy atom. The second-order valence-electron chi connectivity index (χ2n) is 2.96. The molecule has 1 aromatic heterocycles. The van der Waals surface area contributed by atoms with Gasteiger partial charge in [-0.25, -0.2) is 0 Å². The summed E-state index contributed by atoms with van der Waals surface area (Å²) in [6.45, 7) is 0. The minimum Gasteiger partial charge on any atom is -0.387 e. The van der Waals surface area contributed by atoms with Crippen LogP contribution < -0.4 is 4.74 Å². The van der Waals surface area contributed by atoms with Crippen LogP contribution >= 0.6 is 11.6 Å². The molecule has 0 unspecified atom stereocenters. The molecule has 0 radical (unpaired) electrons. The largest absolute Gasteiger partial charge is 0.574 e. The number of ether oxygens (including phenoxy) is 1. The lowest BCUT2D eigenvalue weighted by molar-refractivity contribution is -0.278. The molecular formula is C8H3ClF7NO. The lowest BCUT2D eigenvalue weighted by Gasteiger charge is -2.16. The van der Waals surface area contributed by atoms with Gasteiger partial charge in [-0.2, -0.15) is 22.5 Å². The van der Waals surface area contributed by atoms with Gasteiger partial charge >= 0.3 is 12.5 Å². The highest BCUT2D eigenvalue weighted by molar-refractivity contribution is 6.17. The maximum absolute atomic E-state index is 12.8. The van der Waals surface area contributed by atoms with Gasteiger partial charge in [0.15, 0.2) is 0 Å². The van der Waals surface area contributed by atoms with Gasteiger partial charge < -0.3 is 4.74 Å². The van der Waals surface area contributed by atoms with Gasteiger partial charge in [-0.05, 0) is 11.6 Å². The summed E-state index contributed by atoms with van der Waals surface area (Å²) in [5.74, 6) is -4.31. The lowest BCUT2D eigenvalue weighted by Crippen LogP contribution is -2.22. The number of alkyl halides is 7. The van der Waals surface area contributed by atoms with Crippen molar-refractivity contribution in [1.82, 2.24) is 4.98 Å². The van der Waals surface area contributed by atoms with E-state index in [1.165, 1.54) is 0 Å². The minimum absolute atomic E-state index is 0.291. The quantitative estimate of drug-likeness (QED) is 0.469. The first-order valence-corrected chi connectivity index (χ1v) is 4.66. The average Bonchev–Trinajstić information content (AvgIpc) is 2.11. The molecule has 0 fully saturated rings. The molecule has 0 aromatic carbocycles. The van der Waals surface area contributed by atoms with Crippen molar-refractivity contribution in [3.63, 3.8) is 0 Å². The van der Waals surface area contributed by atoms with E-state index in [2.05, 4.69) is 9.72 Å². The van der Waals surface area contributed by atoms with Crippen molar-refractivity contribution in [3.05, 3.63) is 23.1 Å². The van der Waals surface area contributed by atoms with E-state index in [9.17, 15) is 30.7 Å². The van der Waals surface area contributed by atoms with Gasteiger partial charge in [0.25, 0.3) is 0 Å². The standard InChI is InChI=1S/C8H3ClF7NO/c9-2-3-1-4(10)17-6(18-8(14,15)16)5(3)7(11,12)13/h1H,2H2. The summed E-state index contributed by atoms with van der Waals surface area (Å²) >= 11 is 5.12.